The molecule has 1 aromatic rings. The maximum absolute atomic E-state index is 9.52. The van der Waals surface area contributed by atoms with Gasteiger partial charge in [0.2, 0.25) is 0 Å². The largest absolute Gasteiger partial charge is 0.389 e. The summed E-state index contributed by atoms with van der Waals surface area (Å²) in [7, 11) is 3.40. The number of aliphatic hydroxyl groups is 1. The second-order valence-corrected chi connectivity index (χ2v) is 3.70. The highest BCUT2D eigenvalue weighted by atomic mass is 35.5. The molecule has 1 atom stereocenters. The van der Waals surface area contributed by atoms with Gasteiger partial charge in [0.1, 0.15) is 11.0 Å². The van der Waals surface area contributed by atoms with Crippen molar-refractivity contribution in [2.45, 2.75) is 6.10 Å². The van der Waals surface area contributed by atoms with Gasteiger partial charge in [-0.25, -0.2) is 4.98 Å². The third kappa shape index (κ3) is 4.03. The van der Waals surface area contributed by atoms with Gasteiger partial charge in [-0.05, 0) is 12.1 Å². The van der Waals surface area contributed by atoms with Crippen molar-refractivity contribution in [3.05, 3.63) is 23.4 Å². The molecule has 1 unspecified atom stereocenters. The molecule has 0 bridgehead atoms. The highest BCUT2D eigenvalue weighted by Crippen LogP contribution is 2.13. The van der Waals surface area contributed by atoms with E-state index in [0.717, 1.165) is 5.82 Å². The summed E-state index contributed by atoms with van der Waals surface area (Å²) in [6.07, 6.45) is -0.527. The third-order valence-corrected chi connectivity index (χ3v) is 2.15. The van der Waals surface area contributed by atoms with E-state index in [1.807, 2.05) is 24.1 Å². The topological polar surface area (TPSA) is 45.6 Å². The fraction of sp³-hybridized carbons (Fsp3) is 0.500. The van der Waals surface area contributed by atoms with Gasteiger partial charge >= 0.3 is 0 Å². The van der Waals surface area contributed by atoms with E-state index in [4.69, 9.17) is 16.3 Å². The van der Waals surface area contributed by atoms with Crippen molar-refractivity contribution in [3.63, 3.8) is 0 Å². The first-order chi connectivity index (χ1) is 7.13. The van der Waals surface area contributed by atoms with Crippen LogP contribution in [-0.2, 0) is 4.74 Å². The molecule has 0 aliphatic heterocycles. The number of rotatable bonds is 5. The summed E-state index contributed by atoms with van der Waals surface area (Å²) in [6, 6.07) is 5.37. The molecule has 0 amide bonds. The first-order valence-electron chi connectivity index (χ1n) is 4.64. The summed E-state index contributed by atoms with van der Waals surface area (Å²) in [5.74, 6) is 0.734. The number of hydrogen-bond donors (Lipinski definition) is 1. The summed E-state index contributed by atoms with van der Waals surface area (Å²) in [5, 5.41) is 9.97. The molecule has 0 aromatic carbocycles. The number of ether oxygens (including phenoxy) is 1. The Labute approximate surface area is 94.4 Å². The summed E-state index contributed by atoms with van der Waals surface area (Å²) >= 11 is 5.76. The molecule has 0 fully saturated rings. The lowest BCUT2D eigenvalue weighted by atomic mass is 10.3. The van der Waals surface area contributed by atoms with Gasteiger partial charge in [-0.3, -0.25) is 0 Å². The fourth-order valence-corrected chi connectivity index (χ4v) is 1.42. The van der Waals surface area contributed by atoms with Gasteiger partial charge < -0.3 is 14.7 Å². The molecule has 0 spiro atoms. The van der Waals surface area contributed by atoms with Crippen LogP contribution in [0.15, 0.2) is 18.2 Å². The first-order valence-corrected chi connectivity index (χ1v) is 5.02. The minimum Gasteiger partial charge on any atom is -0.389 e. The van der Waals surface area contributed by atoms with Crippen molar-refractivity contribution in [1.82, 2.24) is 4.98 Å². The second-order valence-electron chi connectivity index (χ2n) is 3.31. The molecule has 0 aliphatic rings. The maximum atomic E-state index is 9.52. The summed E-state index contributed by atoms with van der Waals surface area (Å²) in [5.41, 5.74) is 0. The zero-order chi connectivity index (χ0) is 11.3. The second kappa shape index (κ2) is 5.90. The van der Waals surface area contributed by atoms with Gasteiger partial charge in [0.25, 0.3) is 0 Å². The molecule has 1 heterocycles. The third-order valence-electron chi connectivity index (χ3n) is 1.94. The number of aliphatic hydroxyl groups excluding tert-OH is 1. The van der Waals surface area contributed by atoms with Crippen LogP contribution in [0.25, 0.3) is 0 Å². The van der Waals surface area contributed by atoms with Gasteiger partial charge in [-0.15, -0.1) is 0 Å². The van der Waals surface area contributed by atoms with Crippen LogP contribution in [0, 0.1) is 0 Å². The number of likely N-dealkylation sites (N-methyl/N-ethyl adjacent to an activating group) is 1. The van der Waals surface area contributed by atoms with Gasteiger partial charge in [0.15, 0.2) is 0 Å². The number of anilines is 1. The smallest absolute Gasteiger partial charge is 0.131 e. The van der Waals surface area contributed by atoms with E-state index >= 15 is 0 Å². The SMILES string of the molecule is COCC(O)CN(C)c1cccc(Cl)n1. The molecule has 5 heteroatoms. The van der Waals surface area contributed by atoms with Crippen LogP contribution in [0.3, 0.4) is 0 Å². The van der Waals surface area contributed by atoms with E-state index < -0.39 is 6.10 Å². The number of halogens is 1. The Morgan fingerprint density at radius 3 is 2.93 bits per heavy atom. The molecule has 15 heavy (non-hydrogen) atoms. The van der Waals surface area contributed by atoms with E-state index in [1.54, 1.807) is 13.2 Å². The van der Waals surface area contributed by atoms with Crippen molar-refractivity contribution >= 4 is 17.4 Å². The number of nitrogens with zero attached hydrogens (tertiary/aromatic N) is 2. The van der Waals surface area contributed by atoms with Gasteiger partial charge in [0, 0.05) is 20.7 Å². The van der Waals surface area contributed by atoms with Gasteiger partial charge in [-0.2, -0.15) is 0 Å². The zero-order valence-electron chi connectivity index (χ0n) is 8.85. The van der Waals surface area contributed by atoms with E-state index in [9.17, 15) is 5.11 Å². The lowest BCUT2D eigenvalue weighted by Gasteiger charge is -2.21. The Morgan fingerprint density at radius 2 is 2.33 bits per heavy atom. The number of hydrogen-bond acceptors (Lipinski definition) is 4. The van der Waals surface area contributed by atoms with Crippen molar-refractivity contribution in [3.8, 4) is 0 Å². The average molecular weight is 231 g/mol. The fourth-order valence-electron chi connectivity index (χ4n) is 1.26. The van der Waals surface area contributed by atoms with E-state index in [2.05, 4.69) is 4.98 Å². The zero-order valence-corrected chi connectivity index (χ0v) is 9.61. The Bertz CT molecular complexity index is 309. The monoisotopic (exact) mass is 230 g/mol. The van der Waals surface area contributed by atoms with E-state index in [0.29, 0.717) is 18.3 Å². The molecule has 4 nitrogen and oxygen atoms in total. The van der Waals surface area contributed by atoms with Crippen molar-refractivity contribution in [2.24, 2.45) is 0 Å². The van der Waals surface area contributed by atoms with Crippen LogP contribution >= 0.6 is 11.6 Å². The molecule has 1 N–H and O–H groups in total. The molecular formula is C10H15ClN2O2. The minimum absolute atomic E-state index is 0.310. The van der Waals surface area contributed by atoms with Crippen molar-refractivity contribution in [1.29, 1.82) is 0 Å². The Kier molecular flexibility index (Phi) is 4.81. The Balaban J connectivity index is 2.56. The molecule has 0 saturated carbocycles. The van der Waals surface area contributed by atoms with Gasteiger partial charge in [-0.1, -0.05) is 17.7 Å². The van der Waals surface area contributed by atoms with E-state index in [1.165, 1.54) is 0 Å². The first kappa shape index (κ1) is 12.2. The molecule has 1 aromatic heterocycles. The summed E-state index contributed by atoms with van der Waals surface area (Å²) in [6.45, 7) is 0.770. The Morgan fingerprint density at radius 1 is 1.60 bits per heavy atom. The van der Waals surface area contributed by atoms with Crippen LogP contribution in [-0.4, -0.2) is 43.5 Å². The van der Waals surface area contributed by atoms with Crippen LogP contribution in [0.2, 0.25) is 5.15 Å². The highest BCUT2D eigenvalue weighted by molar-refractivity contribution is 6.29. The Hall–Kier alpha value is -0.840. The number of aromatic nitrogens is 1. The predicted octanol–water partition coefficient (Wildman–Crippen LogP) is 1.18. The molecule has 0 radical (unpaired) electrons. The average Bonchev–Trinajstić information content (AvgIpc) is 2.18. The number of pyridine rings is 1. The minimum atomic E-state index is -0.527. The van der Waals surface area contributed by atoms with E-state index in [-0.39, 0.29) is 0 Å². The van der Waals surface area contributed by atoms with Crippen LogP contribution in [0.1, 0.15) is 0 Å². The van der Waals surface area contributed by atoms with Gasteiger partial charge in [0.05, 0.1) is 12.7 Å². The van der Waals surface area contributed by atoms with Crippen molar-refractivity contribution in [2.75, 3.05) is 32.2 Å². The highest BCUT2D eigenvalue weighted by Gasteiger charge is 2.09. The number of methoxy groups -OCH3 is 1. The molecule has 1 rings (SSSR count). The van der Waals surface area contributed by atoms with Crippen LogP contribution in [0.5, 0.6) is 0 Å². The predicted molar refractivity (Wildman–Crippen MR) is 60.4 cm³/mol. The quantitative estimate of drug-likeness (QED) is 0.772. The molecular weight excluding hydrogens is 216 g/mol. The summed E-state index contributed by atoms with van der Waals surface area (Å²) < 4.78 is 4.84. The van der Waals surface area contributed by atoms with Crippen LogP contribution in [0.4, 0.5) is 5.82 Å². The standard InChI is InChI=1S/C10H15ClN2O2/c1-13(6-8(14)7-15-2)10-5-3-4-9(11)12-10/h3-5,8,14H,6-7H2,1-2H3. The lowest BCUT2D eigenvalue weighted by molar-refractivity contribution is 0.0694. The molecule has 0 aliphatic carbocycles. The van der Waals surface area contributed by atoms with Crippen LogP contribution < -0.4 is 4.90 Å². The normalized spacial score (nSPS) is 12.5. The lowest BCUT2D eigenvalue weighted by Crippen LogP contribution is -2.32. The maximum Gasteiger partial charge on any atom is 0.131 e. The van der Waals surface area contributed by atoms with Crippen molar-refractivity contribution < 1.29 is 9.84 Å². The summed E-state index contributed by atoms with van der Waals surface area (Å²) in [4.78, 5) is 5.95. The molecule has 84 valence electrons. The molecule has 0 saturated heterocycles.